The molecule has 6 heteroatoms. The van der Waals surface area contributed by atoms with Crippen LogP contribution in [0.3, 0.4) is 0 Å². The molecule has 0 aromatic heterocycles. The van der Waals surface area contributed by atoms with E-state index in [9.17, 15) is 4.79 Å². The molecule has 2 aliphatic carbocycles. The molecule has 2 fully saturated rings. The van der Waals surface area contributed by atoms with Crippen LogP contribution >= 0.6 is 0 Å². The number of fused-ring (bicyclic) bond motifs is 2. The van der Waals surface area contributed by atoms with Crippen LogP contribution in [0.1, 0.15) is 35.8 Å². The Hall–Kier alpha value is -2.73. The molecule has 4 aliphatic rings. The van der Waals surface area contributed by atoms with Crippen molar-refractivity contribution < 1.29 is 23.7 Å². The van der Waals surface area contributed by atoms with E-state index in [2.05, 4.69) is 6.07 Å². The van der Waals surface area contributed by atoms with Crippen LogP contribution in [-0.2, 0) is 4.79 Å². The summed E-state index contributed by atoms with van der Waals surface area (Å²) in [4.78, 5) is 10.6. The first-order valence-electron chi connectivity index (χ1n) is 9.72. The van der Waals surface area contributed by atoms with Crippen molar-refractivity contribution in [3.8, 4) is 23.0 Å². The Morgan fingerprint density at radius 2 is 1.46 bits per heavy atom. The van der Waals surface area contributed by atoms with Crippen molar-refractivity contribution in [2.75, 3.05) is 20.1 Å². The van der Waals surface area contributed by atoms with Gasteiger partial charge in [-0.25, -0.2) is 0 Å². The minimum Gasteiger partial charge on any atom is -0.454 e. The Morgan fingerprint density at radius 1 is 0.857 bits per heavy atom. The average molecular weight is 381 g/mol. The van der Waals surface area contributed by atoms with Gasteiger partial charge >= 0.3 is 0 Å². The fourth-order valence-corrected chi connectivity index (χ4v) is 4.10. The molecule has 4 atom stereocenters. The lowest BCUT2D eigenvalue weighted by atomic mass is 10.1. The molecule has 2 aliphatic heterocycles. The molecule has 6 nitrogen and oxygen atoms in total. The lowest BCUT2D eigenvalue weighted by Gasteiger charge is -2.03. The molecular formula is C22H23NO5. The maximum Gasteiger partial charge on any atom is 0.231 e. The third-order valence-electron chi connectivity index (χ3n) is 5.89. The molecule has 28 heavy (non-hydrogen) atoms. The van der Waals surface area contributed by atoms with Gasteiger partial charge in [0.15, 0.2) is 23.0 Å². The van der Waals surface area contributed by atoms with Crippen LogP contribution in [-0.4, -0.2) is 26.4 Å². The van der Waals surface area contributed by atoms with E-state index in [1.807, 2.05) is 30.3 Å². The van der Waals surface area contributed by atoms with E-state index in [1.54, 1.807) is 0 Å². The molecule has 0 amide bonds. The largest absolute Gasteiger partial charge is 0.454 e. The van der Waals surface area contributed by atoms with Crippen LogP contribution in [0.4, 0.5) is 0 Å². The van der Waals surface area contributed by atoms with Gasteiger partial charge in [0.25, 0.3) is 0 Å². The highest BCUT2D eigenvalue weighted by molar-refractivity contribution is 5.64. The SMILES string of the molecule is NC[C@@H]1C[C@H]1c1cccc2c1OCO2.O=C[C@@H]1C[C@H]1c1cccc2c1OCO2. The number of hydrogen-bond donors (Lipinski definition) is 1. The molecule has 0 spiro atoms. The number of para-hydroxylation sites is 2. The Bertz CT molecular complexity index is 898. The zero-order chi connectivity index (χ0) is 19.1. The zero-order valence-corrected chi connectivity index (χ0v) is 15.5. The highest BCUT2D eigenvalue weighted by atomic mass is 16.7. The van der Waals surface area contributed by atoms with Crippen LogP contribution < -0.4 is 24.7 Å². The number of nitrogens with two attached hydrogens (primary N) is 1. The zero-order valence-electron chi connectivity index (χ0n) is 15.5. The van der Waals surface area contributed by atoms with Crippen molar-refractivity contribution in [2.24, 2.45) is 17.6 Å². The molecule has 0 radical (unpaired) electrons. The van der Waals surface area contributed by atoms with Crippen LogP contribution in [0.25, 0.3) is 0 Å². The lowest BCUT2D eigenvalue weighted by molar-refractivity contribution is -0.108. The number of hydrogen-bond acceptors (Lipinski definition) is 6. The second kappa shape index (κ2) is 7.02. The van der Waals surface area contributed by atoms with E-state index in [4.69, 9.17) is 24.7 Å². The van der Waals surface area contributed by atoms with Gasteiger partial charge in [-0.1, -0.05) is 24.3 Å². The third-order valence-corrected chi connectivity index (χ3v) is 5.89. The van der Waals surface area contributed by atoms with Gasteiger partial charge in [0.2, 0.25) is 13.6 Å². The van der Waals surface area contributed by atoms with Gasteiger partial charge in [-0.3, -0.25) is 0 Å². The summed E-state index contributed by atoms with van der Waals surface area (Å²) in [6.07, 6.45) is 3.17. The normalized spacial score (nSPS) is 27.6. The third kappa shape index (κ3) is 3.07. The standard InChI is InChI=1S/C11H13NO2.C11H10O3/c2*12-5-7-4-9(7)8-2-1-3-10-11(8)14-6-13-10/h1-3,7,9H,4-6,12H2;1-3,5,7,9H,4,6H2/t2*7-,9+/m00/s1. The second-order valence-electron chi connectivity index (χ2n) is 7.64. The Labute approximate surface area is 163 Å². The van der Waals surface area contributed by atoms with Gasteiger partial charge in [-0.05, 0) is 49.3 Å². The van der Waals surface area contributed by atoms with Crippen LogP contribution in [0.15, 0.2) is 36.4 Å². The molecule has 2 saturated carbocycles. The van der Waals surface area contributed by atoms with Gasteiger partial charge in [-0.15, -0.1) is 0 Å². The molecule has 0 bridgehead atoms. The van der Waals surface area contributed by atoms with Crippen LogP contribution in [0.5, 0.6) is 23.0 Å². The number of ether oxygens (including phenoxy) is 4. The molecular weight excluding hydrogens is 358 g/mol. The molecule has 2 aromatic carbocycles. The number of benzene rings is 2. The van der Waals surface area contributed by atoms with Crippen LogP contribution in [0.2, 0.25) is 0 Å². The fraction of sp³-hybridized carbons (Fsp3) is 0.409. The number of carbonyl (C=O) groups is 1. The van der Waals surface area contributed by atoms with Crippen molar-refractivity contribution >= 4 is 6.29 Å². The molecule has 146 valence electrons. The monoisotopic (exact) mass is 381 g/mol. The molecule has 6 rings (SSSR count). The maximum absolute atomic E-state index is 10.6. The Morgan fingerprint density at radius 3 is 1.96 bits per heavy atom. The van der Waals surface area contributed by atoms with Gasteiger partial charge in [0.1, 0.15) is 6.29 Å². The summed E-state index contributed by atoms with van der Waals surface area (Å²) in [5.41, 5.74) is 8.03. The highest BCUT2D eigenvalue weighted by Crippen LogP contribution is 2.53. The summed E-state index contributed by atoms with van der Waals surface area (Å²) in [5.74, 6) is 5.23. The topological polar surface area (TPSA) is 80.0 Å². The predicted octanol–water partition coefficient (Wildman–Crippen LogP) is 3.20. The summed E-state index contributed by atoms with van der Waals surface area (Å²) in [6.45, 7) is 1.42. The highest BCUT2D eigenvalue weighted by Gasteiger charge is 2.41. The number of rotatable bonds is 4. The predicted molar refractivity (Wildman–Crippen MR) is 102 cm³/mol. The number of aldehydes is 1. The van der Waals surface area contributed by atoms with E-state index in [0.29, 0.717) is 31.3 Å². The summed E-state index contributed by atoms with van der Waals surface area (Å²) >= 11 is 0. The van der Waals surface area contributed by atoms with Crippen molar-refractivity contribution in [3.05, 3.63) is 47.5 Å². The number of carbonyl (C=O) groups excluding carboxylic acids is 1. The Kier molecular flexibility index (Phi) is 4.36. The van der Waals surface area contributed by atoms with E-state index in [-0.39, 0.29) is 5.92 Å². The molecule has 2 aromatic rings. The van der Waals surface area contributed by atoms with Gasteiger partial charge in [0, 0.05) is 17.0 Å². The average Bonchev–Trinajstić information content (AvgIpc) is 3.58. The van der Waals surface area contributed by atoms with Crippen molar-refractivity contribution in [1.82, 2.24) is 0 Å². The van der Waals surface area contributed by atoms with E-state index in [0.717, 1.165) is 47.8 Å². The maximum atomic E-state index is 10.6. The summed E-state index contributed by atoms with van der Waals surface area (Å²) in [6, 6.07) is 11.9. The molecule has 0 unspecified atom stereocenters. The molecule has 2 N–H and O–H groups in total. The molecule has 2 heterocycles. The molecule has 0 saturated heterocycles. The smallest absolute Gasteiger partial charge is 0.231 e. The first-order chi connectivity index (χ1) is 13.8. The van der Waals surface area contributed by atoms with Gasteiger partial charge in [0.05, 0.1) is 0 Å². The first-order valence-corrected chi connectivity index (χ1v) is 9.72. The second-order valence-corrected chi connectivity index (χ2v) is 7.64. The first kappa shape index (κ1) is 17.4. The Balaban J connectivity index is 0.000000122. The van der Waals surface area contributed by atoms with Gasteiger partial charge in [-0.2, -0.15) is 0 Å². The van der Waals surface area contributed by atoms with Crippen molar-refractivity contribution in [3.63, 3.8) is 0 Å². The summed E-state index contributed by atoms with van der Waals surface area (Å²) in [5, 5.41) is 0. The fourth-order valence-electron chi connectivity index (χ4n) is 4.10. The summed E-state index contributed by atoms with van der Waals surface area (Å²) < 4.78 is 21.5. The lowest BCUT2D eigenvalue weighted by Crippen LogP contribution is -2.02. The van der Waals surface area contributed by atoms with Crippen LogP contribution in [0, 0.1) is 11.8 Å². The quantitative estimate of drug-likeness (QED) is 0.820. The van der Waals surface area contributed by atoms with Crippen molar-refractivity contribution in [1.29, 1.82) is 0 Å². The van der Waals surface area contributed by atoms with E-state index in [1.165, 1.54) is 12.0 Å². The van der Waals surface area contributed by atoms with Gasteiger partial charge < -0.3 is 29.5 Å². The van der Waals surface area contributed by atoms with E-state index >= 15 is 0 Å². The summed E-state index contributed by atoms with van der Waals surface area (Å²) in [7, 11) is 0. The van der Waals surface area contributed by atoms with Crippen molar-refractivity contribution in [2.45, 2.75) is 24.7 Å². The minimum absolute atomic E-state index is 0.186. The van der Waals surface area contributed by atoms with E-state index < -0.39 is 0 Å². The minimum atomic E-state index is 0.186.